The molecule has 0 fully saturated rings. The SMILES string of the molecule is c1ccc(N(c2ccccc2)c2cccc([Si](c3ccccc3)(c3ccccc3)c3cccc(N(c4ccccc4)c4ccc5c(c4)sc4ccccc45)c3)c2)cc1. The van der Waals surface area contributed by atoms with Crippen molar-refractivity contribution in [2.75, 3.05) is 9.80 Å². The third-order valence-electron chi connectivity index (χ3n) is 11.2. The normalized spacial score (nSPS) is 11.4. The zero-order valence-corrected chi connectivity index (χ0v) is 33.7. The number of fused-ring (bicyclic) bond motifs is 3. The first kappa shape index (κ1) is 35.4. The summed E-state index contributed by atoms with van der Waals surface area (Å²) in [5, 5.41) is 7.90. The van der Waals surface area contributed by atoms with E-state index >= 15 is 0 Å². The van der Waals surface area contributed by atoms with Crippen LogP contribution in [0.25, 0.3) is 20.2 Å². The van der Waals surface area contributed by atoms with Gasteiger partial charge in [0.1, 0.15) is 0 Å². The smallest absolute Gasteiger partial charge is 0.179 e. The van der Waals surface area contributed by atoms with Gasteiger partial charge in [-0.05, 0) is 99.6 Å². The Morgan fingerprint density at radius 1 is 0.259 bits per heavy atom. The lowest BCUT2D eigenvalue weighted by Crippen LogP contribution is -2.74. The summed E-state index contributed by atoms with van der Waals surface area (Å²) in [6.45, 7) is 0. The number of hydrogen-bond acceptors (Lipinski definition) is 3. The molecule has 0 aliphatic rings. The van der Waals surface area contributed by atoms with E-state index in [2.05, 4.69) is 252 Å². The highest BCUT2D eigenvalue weighted by molar-refractivity contribution is 7.25. The molecule has 0 spiro atoms. The number of benzene rings is 9. The maximum absolute atomic E-state index is 2.98. The van der Waals surface area contributed by atoms with Gasteiger partial charge in [0.25, 0.3) is 0 Å². The Bertz CT molecular complexity index is 2870. The van der Waals surface area contributed by atoms with Crippen LogP contribution in [-0.2, 0) is 0 Å². The second-order valence-electron chi connectivity index (χ2n) is 14.5. The maximum atomic E-state index is 2.47. The summed E-state index contributed by atoms with van der Waals surface area (Å²) in [5.74, 6) is 0. The molecule has 0 bridgehead atoms. The van der Waals surface area contributed by atoms with Crippen LogP contribution in [0.2, 0.25) is 0 Å². The third kappa shape index (κ3) is 6.39. The molecule has 0 radical (unpaired) electrons. The summed E-state index contributed by atoms with van der Waals surface area (Å²) in [5.41, 5.74) is 6.74. The van der Waals surface area contributed by atoms with E-state index < -0.39 is 8.07 Å². The number of rotatable bonds is 10. The number of hydrogen-bond donors (Lipinski definition) is 0. The molecule has 0 atom stereocenters. The summed E-state index contributed by atoms with van der Waals surface area (Å²) in [4.78, 5) is 4.79. The third-order valence-corrected chi connectivity index (χ3v) is 17.0. The minimum Gasteiger partial charge on any atom is -0.311 e. The largest absolute Gasteiger partial charge is 0.311 e. The van der Waals surface area contributed by atoms with Crippen LogP contribution in [0.3, 0.4) is 0 Å². The van der Waals surface area contributed by atoms with Gasteiger partial charge in [-0.1, -0.05) is 164 Å². The van der Waals surface area contributed by atoms with Crippen LogP contribution < -0.4 is 30.5 Å². The predicted octanol–water partition coefficient (Wildman–Crippen LogP) is 12.4. The highest BCUT2D eigenvalue weighted by Gasteiger charge is 2.42. The van der Waals surface area contributed by atoms with Crippen molar-refractivity contribution < 1.29 is 0 Å². The molecule has 4 heteroatoms. The number of thiophene rings is 1. The topological polar surface area (TPSA) is 6.48 Å². The molecule has 10 aromatic rings. The highest BCUT2D eigenvalue weighted by atomic mass is 32.1. The summed E-state index contributed by atoms with van der Waals surface area (Å²) in [7, 11) is -2.98. The molecular formula is C54H40N2SSi. The van der Waals surface area contributed by atoms with Crippen molar-refractivity contribution in [1.82, 2.24) is 0 Å². The quantitative estimate of drug-likeness (QED) is 0.101. The number of anilines is 6. The summed E-state index contributed by atoms with van der Waals surface area (Å²) in [6.07, 6.45) is 0. The lowest BCUT2D eigenvalue weighted by molar-refractivity contribution is 1.29. The van der Waals surface area contributed by atoms with E-state index in [1.54, 1.807) is 0 Å². The molecule has 0 N–H and O–H groups in total. The molecule has 0 saturated carbocycles. The van der Waals surface area contributed by atoms with Gasteiger partial charge in [0, 0.05) is 54.3 Å². The fourth-order valence-electron chi connectivity index (χ4n) is 8.61. The Hall–Kier alpha value is -6.98. The molecule has 2 nitrogen and oxygen atoms in total. The molecule has 10 rings (SSSR count). The second-order valence-corrected chi connectivity index (χ2v) is 19.4. The zero-order chi connectivity index (χ0) is 38.7. The summed E-state index contributed by atoms with van der Waals surface area (Å²) < 4.78 is 2.59. The van der Waals surface area contributed by atoms with Gasteiger partial charge < -0.3 is 9.80 Å². The van der Waals surface area contributed by atoms with Crippen molar-refractivity contribution in [1.29, 1.82) is 0 Å². The first-order valence-electron chi connectivity index (χ1n) is 19.8. The first-order valence-corrected chi connectivity index (χ1v) is 22.6. The van der Waals surface area contributed by atoms with Gasteiger partial charge in [-0.15, -0.1) is 11.3 Å². The van der Waals surface area contributed by atoms with E-state index in [1.165, 1.54) is 40.9 Å². The van der Waals surface area contributed by atoms with Crippen LogP contribution >= 0.6 is 11.3 Å². The second kappa shape index (κ2) is 15.5. The van der Waals surface area contributed by atoms with Gasteiger partial charge in [0.05, 0.1) is 0 Å². The standard InChI is InChI=1S/C54H40N2SSi/c1-6-20-41(21-7-1)55(42-22-8-2-9-23-42)44-26-18-32-49(38-44)58(47-28-12-4-13-29-47,48-30-14-5-15-31-48)50-33-19-27-45(39-50)56(43-24-10-3-11-25-43)46-36-37-52-51-34-16-17-35-53(51)57-54(52)40-46/h1-40H. The Morgan fingerprint density at radius 2 is 0.621 bits per heavy atom. The van der Waals surface area contributed by atoms with E-state index in [1.807, 2.05) is 11.3 Å². The molecule has 0 aliphatic carbocycles. The van der Waals surface area contributed by atoms with Crippen LogP contribution in [0.4, 0.5) is 34.1 Å². The predicted molar refractivity (Wildman–Crippen MR) is 252 cm³/mol. The lowest BCUT2D eigenvalue weighted by Gasteiger charge is -2.36. The molecule has 0 aliphatic heterocycles. The number of nitrogens with zero attached hydrogens (tertiary/aromatic N) is 2. The Kier molecular flexibility index (Phi) is 9.48. The van der Waals surface area contributed by atoms with Crippen molar-refractivity contribution in [3.8, 4) is 0 Å². The van der Waals surface area contributed by atoms with Crippen LogP contribution in [0, 0.1) is 0 Å². The van der Waals surface area contributed by atoms with Crippen LogP contribution in [0.1, 0.15) is 0 Å². The fourth-order valence-corrected chi connectivity index (χ4v) is 14.6. The zero-order valence-electron chi connectivity index (χ0n) is 31.9. The Balaban J connectivity index is 1.21. The van der Waals surface area contributed by atoms with Gasteiger partial charge >= 0.3 is 0 Å². The van der Waals surface area contributed by atoms with Gasteiger partial charge in [0.15, 0.2) is 8.07 Å². The molecular weight excluding hydrogens is 737 g/mol. The summed E-state index contributed by atoms with van der Waals surface area (Å²) in [6, 6.07) is 88.9. The molecule has 58 heavy (non-hydrogen) atoms. The lowest BCUT2D eigenvalue weighted by atomic mass is 10.1. The van der Waals surface area contributed by atoms with Crippen molar-refractivity contribution in [3.63, 3.8) is 0 Å². The molecule has 1 heterocycles. The average Bonchev–Trinajstić information content (AvgIpc) is 3.67. The van der Waals surface area contributed by atoms with Crippen molar-refractivity contribution >= 4 is 94.5 Å². The van der Waals surface area contributed by atoms with Gasteiger partial charge in [-0.25, -0.2) is 0 Å². The van der Waals surface area contributed by atoms with Crippen LogP contribution in [0.5, 0.6) is 0 Å². The molecule has 0 saturated heterocycles. The molecule has 276 valence electrons. The van der Waals surface area contributed by atoms with Gasteiger partial charge in [-0.2, -0.15) is 0 Å². The van der Waals surface area contributed by atoms with Crippen LogP contribution in [-0.4, -0.2) is 8.07 Å². The molecule has 0 amide bonds. The van der Waals surface area contributed by atoms with Crippen molar-refractivity contribution in [3.05, 3.63) is 243 Å². The molecule has 1 aromatic heterocycles. The van der Waals surface area contributed by atoms with E-state index in [0.717, 1.165) is 34.1 Å². The van der Waals surface area contributed by atoms with Gasteiger partial charge in [-0.3, -0.25) is 0 Å². The first-order chi connectivity index (χ1) is 28.8. The van der Waals surface area contributed by atoms with Crippen molar-refractivity contribution in [2.24, 2.45) is 0 Å². The minimum absolute atomic E-state index is 1.12. The van der Waals surface area contributed by atoms with Crippen molar-refractivity contribution in [2.45, 2.75) is 0 Å². The van der Waals surface area contributed by atoms with Crippen LogP contribution in [0.15, 0.2) is 243 Å². The fraction of sp³-hybridized carbons (Fsp3) is 0. The minimum atomic E-state index is -2.98. The Morgan fingerprint density at radius 3 is 1.12 bits per heavy atom. The van der Waals surface area contributed by atoms with Gasteiger partial charge in [0.2, 0.25) is 0 Å². The van der Waals surface area contributed by atoms with E-state index in [0.29, 0.717) is 0 Å². The van der Waals surface area contributed by atoms with E-state index in [9.17, 15) is 0 Å². The molecule has 0 unspecified atom stereocenters. The Labute approximate surface area is 345 Å². The van der Waals surface area contributed by atoms with E-state index in [-0.39, 0.29) is 0 Å². The van der Waals surface area contributed by atoms with E-state index in [4.69, 9.17) is 0 Å². The summed E-state index contributed by atoms with van der Waals surface area (Å²) >= 11 is 1.86. The highest BCUT2D eigenvalue weighted by Crippen LogP contribution is 2.40. The number of para-hydroxylation sites is 3. The molecule has 9 aromatic carbocycles. The average molecular weight is 777 g/mol. The monoisotopic (exact) mass is 776 g/mol. The maximum Gasteiger partial charge on any atom is 0.179 e.